The molecule has 0 atom stereocenters. The Morgan fingerprint density at radius 1 is 1.29 bits per heavy atom. The standard InChI is InChI=1S/C21H23N3O4/c1-2-24(16-7-10-26-11-8-16)21(25)18-13-28-20(23-18)14-27-19-5-3-4-15-12-22-9-6-17(15)19/h3-6,9,12-13,16H,2,7-8,10-11,14H2,1H3. The van der Waals surface area contributed by atoms with Gasteiger partial charge in [0.2, 0.25) is 5.89 Å². The summed E-state index contributed by atoms with van der Waals surface area (Å²) in [5, 5.41) is 1.97. The van der Waals surface area contributed by atoms with Crippen LogP contribution in [0, 0.1) is 0 Å². The molecule has 4 rings (SSSR count). The van der Waals surface area contributed by atoms with Gasteiger partial charge in [-0.3, -0.25) is 9.78 Å². The van der Waals surface area contributed by atoms with Crippen LogP contribution < -0.4 is 4.74 Å². The summed E-state index contributed by atoms with van der Waals surface area (Å²) in [5.41, 5.74) is 0.314. The lowest BCUT2D eigenvalue weighted by Gasteiger charge is -2.32. The average Bonchev–Trinajstić information content (AvgIpc) is 3.22. The zero-order chi connectivity index (χ0) is 19.3. The molecule has 1 aliphatic heterocycles. The summed E-state index contributed by atoms with van der Waals surface area (Å²) in [6.45, 7) is 4.14. The van der Waals surface area contributed by atoms with Crippen LogP contribution in [0.3, 0.4) is 0 Å². The molecule has 2 aromatic heterocycles. The number of oxazole rings is 1. The number of pyridine rings is 1. The van der Waals surface area contributed by atoms with Crippen LogP contribution in [0.25, 0.3) is 10.8 Å². The SMILES string of the molecule is CCN(C(=O)c1coc(COc2cccc3cnccc23)n1)C1CCOCC1. The Kier molecular flexibility index (Phi) is 5.53. The lowest BCUT2D eigenvalue weighted by molar-refractivity contribution is 0.0302. The second-order valence-electron chi connectivity index (χ2n) is 6.70. The van der Waals surface area contributed by atoms with Crippen molar-refractivity contribution in [3.8, 4) is 5.75 Å². The van der Waals surface area contributed by atoms with Gasteiger partial charge in [-0.05, 0) is 31.9 Å². The number of benzene rings is 1. The van der Waals surface area contributed by atoms with E-state index in [1.165, 1.54) is 6.26 Å². The molecule has 3 heterocycles. The van der Waals surface area contributed by atoms with E-state index in [1.54, 1.807) is 12.4 Å². The summed E-state index contributed by atoms with van der Waals surface area (Å²) in [5.74, 6) is 0.987. The second-order valence-corrected chi connectivity index (χ2v) is 6.70. The van der Waals surface area contributed by atoms with Crippen LogP contribution in [0.4, 0.5) is 0 Å². The third kappa shape index (κ3) is 3.84. The molecule has 0 unspecified atom stereocenters. The van der Waals surface area contributed by atoms with Crippen molar-refractivity contribution >= 4 is 16.7 Å². The molecular formula is C21H23N3O4. The van der Waals surface area contributed by atoms with E-state index in [-0.39, 0.29) is 18.6 Å². The predicted octanol–water partition coefficient (Wildman–Crippen LogP) is 3.44. The first-order valence-corrected chi connectivity index (χ1v) is 9.55. The van der Waals surface area contributed by atoms with Gasteiger partial charge in [0.25, 0.3) is 5.91 Å². The minimum Gasteiger partial charge on any atom is -0.483 e. The van der Waals surface area contributed by atoms with E-state index in [1.807, 2.05) is 36.1 Å². The number of nitrogens with zero attached hydrogens (tertiary/aromatic N) is 3. The first-order valence-electron chi connectivity index (χ1n) is 9.55. The Hall–Kier alpha value is -2.93. The molecule has 0 saturated carbocycles. The quantitative estimate of drug-likeness (QED) is 0.651. The van der Waals surface area contributed by atoms with Gasteiger partial charge < -0.3 is 18.8 Å². The Labute approximate surface area is 163 Å². The van der Waals surface area contributed by atoms with Crippen LogP contribution in [0.1, 0.15) is 36.1 Å². The van der Waals surface area contributed by atoms with Gasteiger partial charge in [0.1, 0.15) is 12.0 Å². The minimum absolute atomic E-state index is 0.111. The molecule has 1 fully saturated rings. The highest BCUT2D eigenvalue weighted by Crippen LogP contribution is 2.25. The molecule has 146 valence electrons. The van der Waals surface area contributed by atoms with Gasteiger partial charge >= 0.3 is 0 Å². The van der Waals surface area contributed by atoms with E-state index in [9.17, 15) is 4.79 Å². The summed E-state index contributed by atoms with van der Waals surface area (Å²) in [4.78, 5) is 23.2. The van der Waals surface area contributed by atoms with Crippen LogP contribution in [0.15, 0.2) is 47.3 Å². The summed E-state index contributed by atoms with van der Waals surface area (Å²) < 4.78 is 16.8. The fourth-order valence-electron chi connectivity index (χ4n) is 3.55. The largest absolute Gasteiger partial charge is 0.483 e. The number of hydrogen-bond donors (Lipinski definition) is 0. The van der Waals surface area contributed by atoms with E-state index in [2.05, 4.69) is 9.97 Å². The van der Waals surface area contributed by atoms with E-state index < -0.39 is 0 Å². The highest BCUT2D eigenvalue weighted by Gasteiger charge is 2.27. The van der Waals surface area contributed by atoms with Crippen molar-refractivity contribution in [2.75, 3.05) is 19.8 Å². The molecule has 7 heteroatoms. The van der Waals surface area contributed by atoms with Crippen molar-refractivity contribution in [2.45, 2.75) is 32.4 Å². The topological polar surface area (TPSA) is 77.7 Å². The Balaban J connectivity index is 1.44. The number of carbonyl (C=O) groups excluding carboxylic acids is 1. The van der Waals surface area contributed by atoms with Crippen LogP contribution in [0.2, 0.25) is 0 Å². The Morgan fingerprint density at radius 3 is 2.96 bits per heavy atom. The minimum atomic E-state index is -0.111. The van der Waals surface area contributed by atoms with Gasteiger partial charge in [0.15, 0.2) is 12.3 Å². The van der Waals surface area contributed by atoms with Gasteiger partial charge in [-0.2, -0.15) is 0 Å². The average molecular weight is 381 g/mol. The van der Waals surface area contributed by atoms with E-state index in [0.717, 1.165) is 29.4 Å². The molecule has 28 heavy (non-hydrogen) atoms. The number of hydrogen-bond acceptors (Lipinski definition) is 6. The van der Waals surface area contributed by atoms with Crippen molar-refractivity contribution in [1.29, 1.82) is 0 Å². The van der Waals surface area contributed by atoms with Crippen molar-refractivity contribution in [3.05, 3.63) is 54.5 Å². The van der Waals surface area contributed by atoms with Crippen LogP contribution in [0.5, 0.6) is 5.75 Å². The maximum atomic E-state index is 12.9. The van der Waals surface area contributed by atoms with Gasteiger partial charge in [-0.1, -0.05) is 12.1 Å². The lowest BCUT2D eigenvalue weighted by Crippen LogP contribution is -2.43. The van der Waals surface area contributed by atoms with Crippen molar-refractivity contribution < 1.29 is 18.7 Å². The van der Waals surface area contributed by atoms with E-state index in [4.69, 9.17) is 13.9 Å². The predicted molar refractivity (Wildman–Crippen MR) is 103 cm³/mol. The van der Waals surface area contributed by atoms with Gasteiger partial charge in [0, 0.05) is 49.0 Å². The molecule has 3 aromatic rings. The number of amides is 1. The number of aromatic nitrogens is 2. The van der Waals surface area contributed by atoms with E-state index >= 15 is 0 Å². The first-order chi connectivity index (χ1) is 13.8. The summed E-state index contributed by atoms with van der Waals surface area (Å²) in [7, 11) is 0. The smallest absolute Gasteiger partial charge is 0.276 e. The third-order valence-electron chi connectivity index (χ3n) is 5.00. The fourth-order valence-corrected chi connectivity index (χ4v) is 3.55. The van der Waals surface area contributed by atoms with Crippen LogP contribution >= 0.6 is 0 Å². The first kappa shape index (κ1) is 18.4. The molecule has 1 aromatic carbocycles. The monoisotopic (exact) mass is 381 g/mol. The molecule has 1 amide bonds. The molecule has 0 bridgehead atoms. The normalized spacial score (nSPS) is 14.9. The molecule has 1 saturated heterocycles. The number of carbonyl (C=O) groups is 1. The van der Waals surface area contributed by atoms with Crippen molar-refractivity contribution in [1.82, 2.24) is 14.9 Å². The molecular weight excluding hydrogens is 358 g/mol. The van der Waals surface area contributed by atoms with Crippen molar-refractivity contribution in [2.24, 2.45) is 0 Å². The zero-order valence-electron chi connectivity index (χ0n) is 15.8. The Morgan fingerprint density at radius 2 is 2.14 bits per heavy atom. The van der Waals surface area contributed by atoms with Gasteiger partial charge in [-0.15, -0.1) is 0 Å². The highest BCUT2D eigenvalue weighted by molar-refractivity contribution is 5.92. The van der Waals surface area contributed by atoms with Gasteiger partial charge in [0.05, 0.1) is 0 Å². The lowest BCUT2D eigenvalue weighted by atomic mass is 10.1. The summed E-state index contributed by atoms with van der Waals surface area (Å²) in [6, 6.07) is 7.87. The highest BCUT2D eigenvalue weighted by atomic mass is 16.5. The fraction of sp³-hybridized carbons (Fsp3) is 0.381. The van der Waals surface area contributed by atoms with Crippen LogP contribution in [-0.4, -0.2) is 46.6 Å². The Bertz CT molecular complexity index is 944. The van der Waals surface area contributed by atoms with Crippen LogP contribution in [-0.2, 0) is 11.3 Å². The summed E-state index contributed by atoms with van der Waals surface area (Å²) in [6.07, 6.45) is 6.63. The van der Waals surface area contributed by atoms with Crippen molar-refractivity contribution in [3.63, 3.8) is 0 Å². The molecule has 0 N–H and O–H groups in total. The molecule has 0 spiro atoms. The molecule has 7 nitrogen and oxygen atoms in total. The second kappa shape index (κ2) is 8.39. The number of fused-ring (bicyclic) bond motifs is 1. The maximum absolute atomic E-state index is 12.9. The number of ether oxygens (including phenoxy) is 2. The third-order valence-corrected chi connectivity index (χ3v) is 5.00. The maximum Gasteiger partial charge on any atom is 0.276 e. The molecule has 0 aliphatic carbocycles. The summed E-state index contributed by atoms with van der Waals surface area (Å²) >= 11 is 0. The van der Waals surface area contributed by atoms with Gasteiger partial charge in [-0.25, -0.2) is 4.98 Å². The molecule has 1 aliphatic rings. The zero-order valence-corrected chi connectivity index (χ0v) is 15.8. The number of rotatable bonds is 6. The van der Waals surface area contributed by atoms with E-state index in [0.29, 0.717) is 31.3 Å². The molecule has 0 radical (unpaired) electrons.